The second-order valence-corrected chi connectivity index (χ2v) is 4.65. The van der Waals surface area contributed by atoms with Crippen molar-refractivity contribution in [3.8, 4) is 5.75 Å². The molecule has 1 atom stereocenters. The summed E-state index contributed by atoms with van der Waals surface area (Å²) in [5, 5.41) is 14.2. The molecule has 0 aromatic heterocycles. The number of carbonyl (C=O) groups is 2. The molecule has 0 radical (unpaired) electrons. The van der Waals surface area contributed by atoms with E-state index in [4.69, 9.17) is 9.84 Å². The molecule has 2 amide bonds. The first kappa shape index (κ1) is 15.8. The Morgan fingerprint density at radius 3 is 2.65 bits per heavy atom. The molecule has 0 bridgehead atoms. The van der Waals surface area contributed by atoms with Crippen LogP contribution in [0.1, 0.15) is 25.8 Å². The summed E-state index contributed by atoms with van der Waals surface area (Å²) in [6.07, 6.45) is 0.301. The van der Waals surface area contributed by atoms with Gasteiger partial charge in [-0.05, 0) is 31.0 Å². The van der Waals surface area contributed by atoms with Crippen LogP contribution in [0, 0.1) is 0 Å². The highest BCUT2D eigenvalue weighted by Gasteiger charge is 2.32. The highest BCUT2D eigenvalue weighted by atomic mass is 16.5. The van der Waals surface area contributed by atoms with Crippen molar-refractivity contribution >= 4 is 12.0 Å². The lowest BCUT2D eigenvalue weighted by Crippen LogP contribution is -2.54. The lowest BCUT2D eigenvalue weighted by atomic mass is 10.00. The minimum atomic E-state index is -1.27. The van der Waals surface area contributed by atoms with Crippen LogP contribution in [-0.2, 0) is 11.3 Å². The van der Waals surface area contributed by atoms with E-state index >= 15 is 0 Å². The number of rotatable bonds is 6. The molecule has 6 nitrogen and oxygen atoms in total. The molecule has 0 aliphatic rings. The van der Waals surface area contributed by atoms with Crippen LogP contribution in [0.2, 0.25) is 0 Å². The van der Waals surface area contributed by atoms with E-state index in [2.05, 4.69) is 10.6 Å². The number of hydrogen-bond donors (Lipinski definition) is 3. The lowest BCUT2D eigenvalue weighted by molar-refractivity contribution is -0.143. The molecule has 3 N–H and O–H groups in total. The third-order valence-corrected chi connectivity index (χ3v) is 3.16. The highest BCUT2D eigenvalue weighted by molar-refractivity contribution is 5.85. The van der Waals surface area contributed by atoms with Gasteiger partial charge in [0.25, 0.3) is 0 Å². The number of amides is 2. The molecule has 1 unspecified atom stereocenters. The summed E-state index contributed by atoms with van der Waals surface area (Å²) in [4.78, 5) is 22.8. The van der Waals surface area contributed by atoms with Gasteiger partial charge >= 0.3 is 12.0 Å². The van der Waals surface area contributed by atoms with E-state index in [1.165, 1.54) is 6.92 Å². The fourth-order valence-corrected chi connectivity index (χ4v) is 1.55. The molecule has 0 heterocycles. The zero-order chi connectivity index (χ0) is 15.2. The summed E-state index contributed by atoms with van der Waals surface area (Å²) in [6.45, 7) is 3.47. The van der Waals surface area contributed by atoms with E-state index in [1.54, 1.807) is 20.1 Å². The molecule has 20 heavy (non-hydrogen) atoms. The molecule has 0 aliphatic heterocycles. The van der Waals surface area contributed by atoms with Crippen molar-refractivity contribution in [2.75, 3.05) is 7.11 Å². The molecular weight excluding hydrogens is 260 g/mol. The average Bonchev–Trinajstić information content (AvgIpc) is 2.45. The number of ether oxygens (including phenoxy) is 1. The maximum Gasteiger partial charge on any atom is 0.329 e. The van der Waals surface area contributed by atoms with Crippen molar-refractivity contribution in [2.45, 2.75) is 32.4 Å². The summed E-state index contributed by atoms with van der Waals surface area (Å²) < 4.78 is 5.09. The number of benzene rings is 1. The highest BCUT2D eigenvalue weighted by Crippen LogP contribution is 2.12. The Kier molecular flexibility index (Phi) is 5.37. The number of carboxylic acids is 1. The van der Waals surface area contributed by atoms with Gasteiger partial charge in [-0.3, -0.25) is 0 Å². The van der Waals surface area contributed by atoms with Gasteiger partial charge in [-0.15, -0.1) is 0 Å². The molecule has 0 fully saturated rings. The van der Waals surface area contributed by atoms with E-state index in [-0.39, 0.29) is 0 Å². The Balaban J connectivity index is 2.57. The maximum atomic E-state index is 11.7. The van der Waals surface area contributed by atoms with Crippen LogP contribution in [0.25, 0.3) is 0 Å². The summed E-state index contributed by atoms with van der Waals surface area (Å²) in [6, 6.07) is 6.76. The summed E-state index contributed by atoms with van der Waals surface area (Å²) in [5.74, 6) is -0.356. The number of carboxylic acid groups (broad SMARTS) is 1. The monoisotopic (exact) mass is 280 g/mol. The molecule has 1 aromatic carbocycles. The van der Waals surface area contributed by atoms with E-state index in [9.17, 15) is 9.59 Å². The van der Waals surface area contributed by atoms with Gasteiger partial charge < -0.3 is 20.5 Å². The van der Waals surface area contributed by atoms with Gasteiger partial charge in [0.05, 0.1) is 7.11 Å². The van der Waals surface area contributed by atoms with Gasteiger partial charge in [-0.25, -0.2) is 9.59 Å². The predicted octanol–water partition coefficient (Wildman–Crippen LogP) is 1.75. The van der Waals surface area contributed by atoms with E-state index in [0.717, 1.165) is 5.56 Å². The fraction of sp³-hybridized carbons (Fsp3) is 0.429. The van der Waals surface area contributed by atoms with Crippen LogP contribution in [-0.4, -0.2) is 29.8 Å². The van der Waals surface area contributed by atoms with Crippen molar-refractivity contribution in [2.24, 2.45) is 0 Å². The first-order chi connectivity index (χ1) is 9.41. The Labute approximate surface area is 118 Å². The van der Waals surface area contributed by atoms with Gasteiger partial charge in [0.2, 0.25) is 0 Å². The van der Waals surface area contributed by atoms with E-state index < -0.39 is 17.5 Å². The van der Waals surface area contributed by atoms with Gasteiger partial charge in [0.1, 0.15) is 11.3 Å². The van der Waals surface area contributed by atoms with Crippen LogP contribution in [0.15, 0.2) is 24.3 Å². The zero-order valence-corrected chi connectivity index (χ0v) is 11.9. The Hall–Kier alpha value is -2.24. The molecule has 6 heteroatoms. The summed E-state index contributed by atoms with van der Waals surface area (Å²) >= 11 is 0. The minimum absolute atomic E-state index is 0.294. The molecule has 0 saturated carbocycles. The predicted molar refractivity (Wildman–Crippen MR) is 74.7 cm³/mol. The quantitative estimate of drug-likeness (QED) is 0.740. The largest absolute Gasteiger partial charge is 0.497 e. The third kappa shape index (κ3) is 4.15. The van der Waals surface area contributed by atoms with E-state index in [1.807, 2.05) is 18.2 Å². The number of hydrogen-bond acceptors (Lipinski definition) is 3. The SMILES string of the molecule is CCC(C)(NC(=O)NCc1cccc(OC)c1)C(=O)O. The Morgan fingerprint density at radius 2 is 2.10 bits per heavy atom. The first-order valence-corrected chi connectivity index (χ1v) is 6.33. The first-order valence-electron chi connectivity index (χ1n) is 6.33. The average molecular weight is 280 g/mol. The number of methoxy groups -OCH3 is 1. The second kappa shape index (κ2) is 6.79. The fourth-order valence-electron chi connectivity index (χ4n) is 1.55. The van der Waals surface area contributed by atoms with Gasteiger partial charge in [-0.1, -0.05) is 19.1 Å². The maximum absolute atomic E-state index is 11.7. The standard InChI is InChI=1S/C14H20N2O4/c1-4-14(2,12(17)18)16-13(19)15-9-10-6-5-7-11(8-10)20-3/h5-8H,4,9H2,1-3H3,(H,17,18)(H2,15,16,19). The summed E-state index contributed by atoms with van der Waals surface area (Å²) in [5.41, 5.74) is -0.397. The Morgan fingerprint density at radius 1 is 1.40 bits per heavy atom. The van der Waals surface area contributed by atoms with Crippen molar-refractivity contribution < 1.29 is 19.4 Å². The van der Waals surface area contributed by atoms with Crippen LogP contribution in [0.5, 0.6) is 5.75 Å². The minimum Gasteiger partial charge on any atom is -0.497 e. The molecular formula is C14H20N2O4. The topological polar surface area (TPSA) is 87.7 Å². The van der Waals surface area contributed by atoms with Crippen molar-refractivity contribution in [1.29, 1.82) is 0 Å². The molecule has 1 rings (SSSR count). The molecule has 110 valence electrons. The number of urea groups is 1. The molecule has 1 aromatic rings. The van der Waals surface area contributed by atoms with Crippen LogP contribution < -0.4 is 15.4 Å². The van der Waals surface area contributed by atoms with Crippen molar-refractivity contribution in [1.82, 2.24) is 10.6 Å². The molecule has 0 saturated heterocycles. The van der Waals surface area contributed by atoms with Crippen LogP contribution in [0.3, 0.4) is 0 Å². The van der Waals surface area contributed by atoms with Crippen LogP contribution in [0.4, 0.5) is 4.79 Å². The molecule has 0 aliphatic carbocycles. The zero-order valence-electron chi connectivity index (χ0n) is 11.9. The normalized spacial score (nSPS) is 13.2. The van der Waals surface area contributed by atoms with E-state index in [0.29, 0.717) is 18.7 Å². The lowest BCUT2D eigenvalue weighted by Gasteiger charge is -2.24. The van der Waals surface area contributed by atoms with Gasteiger partial charge in [0.15, 0.2) is 0 Å². The van der Waals surface area contributed by atoms with Crippen molar-refractivity contribution in [3.63, 3.8) is 0 Å². The number of aliphatic carboxylic acids is 1. The van der Waals surface area contributed by atoms with Gasteiger partial charge in [-0.2, -0.15) is 0 Å². The van der Waals surface area contributed by atoms with Crippen LogP contribution >= 0.6 is 0 Å². The van der Waals surface area contributed by atoms with Crippen molar-refractivity contribution in [3.05, 3.63) is 29.8 Å². The van der Waals surface area contributed by atoms with Gasteiger partial charge in [0, 0.05) is 6.54 Å². The Bertz CT molecular complexity index is 490. The molecule has 0 spiro atoms. The summed E-state index contributed by atoms with van der Waals surface area (Å²) in [7, 11) is 1.57. The number of carbonyl (C=O) groups excluding carboxylic acids is 1. The number of nitrogens with one attached hydrogen (secondary N) is 2. The third-order valence-electron chi connectivity index (χ3n) is 3.16. The second-order valence-electron chi connectivity index (χ2n) is 4.65. The smallest absolute Gasteiger partial charge is 0.329 e.